The maximum atomic E-state index is 11.9. The van der Waals surface area contributed by atoms with Crippen LogP contribution >= 0.6 is 0 Å². The molecule has 0 aromatic rings. The number of allylic oxidation sites excluding steroid dienone is 5. The first-order valence-corrected chi connectivity index (χ1v) is 10.1. The summed E-state index contributed by atoms with van der Waals surface area (Å²) in [4.78, 5) is 23.4. The molecule has 6 atom stereocenters. The van der Waals surface area contributed by atoms with Crippen molar-refractivity contribution in [1.82, 2.24) is 0 Å². The van der Waals surface area contributed by atoms with Crippen LogP contribution in [-0.2, 0) is 14.3 Å². The largest absolute Gasteiger partial charge is 0.465 e. The molecule has 4 aliphatic rings. The number of hydrogen-bond donors (Lipinski definition) is 0. The molecule has 0 amide bonds. The van der Waals surface area contributed by atoms with Gasteiger partial charge in [0.2, 0.25) is 0 Å². The van der Waals surface area contributed by atoms with Crippen LogP contribution in [0.3, 0.4) is 0 Å². The summed E-state index contributed by atoms with van der Waals surface area (Å²) in [6.45, 7) is 8.48. The number of fused-ring (bicyclic) bond motifs is 5. The second-order valence-electron chi connectivity index (χ2n) is 9.08. The maximum absolute atomic E-state index is 11.9. The third-order valence-corrected chi connectivity index (χ3v) is 8.17. The Hall–Kier alpha value is -1.64. The van der Waals surface area contributed by atoms with Gasteiger partial charge in [-0.25, -0.2) is 0 Å². The summed E-state index contributed by atoms with van der Waals surface area (Å²) >= 11 is 0. The topological polar surface area (TPSA) is 43.4 Å². The molecule has 3 fully saturated rings. The number of ketones is 1. The van der Waals surface area contributed by atoms with Gasteiger partial charge in [0.05, 0.1) is 6.61 Å². The molecule has 0 saturated heterocycles. The number of carbonyl (C=O) groups is 2. The van der Waals surface area contributed by atoms with Crippen LogP contribution in [0.5, 0.6) is 0 Å². The molecule has 3 heteroatoms. The molecule has 4 aliphatic carbocycles. The van der Waals surface area contributed by atoms with Gasteiger partial charge in [0.15, 0.2) is 5.78 Å². The van der Waals surface area contributed by atoms with Crippen LogP contribution in [0.1, 0.15) is 52.4 Å². The fourth-order valence-electron chi connectivity index (χ4n) is 6.92. The summed E-state index contributed by atoms with van der Waals surface area (Å²) in [5.41, 5.74) is 1.42. The van der Waals surface area contributed by atoms with Crippen LogP contribution in [0.25, 0.3) is 0 Å². The van der Waals surface area contributed by atoms with Crippen LogP contribution in [-0.4, -0.2) is 18.4 Å². The normalized spacial score (nSPS) is 43.8. The Labute approximate surface area is 156 Å². The first kappa shape index (κ1) is 17.8. The summed E-state index contributed by atoms with van der Waals surface area (Å²) in [5, 5.41) is 0. The van der Waals surface area contributed by atoms with Crippen molar-refractivity contribution in [2.75, 3.05) is 6.61 Å². The van der Waals surface area contributed by atoms with E-state index in [9.17, 15) is 9.59 Å². The zero-order valence-electron chi connectivity index (χ0n) is 16.0. The Morgan fingerprint density at radius 1 is 1.31 bits per heavy atom. The number of carbonyl (C=O) groups excluding carboxylic acids is 2. The van der Waals surface area contributed by atoms with Crippen LogP contribution < -0.4 is 0 Å². The Morgan fingerprint density at radius 3 is 2.85 bits per heavy atom. The van der Waals surface area contributed by atoms with Crippen molar-refractivity contribution in [3.05, 3.63) is 36.5 Å². The van der Waals surface area contributed by atoms with E-state index in [0.29, 0.717) is 30.3 Å². The van der Waals surface area contributed by atoms with Gasteiger partial charge < -0.3 is 4.74 Å². The van der Waals surface area contributed by atoms with E-state index in [0.717, 1.165) is 32.1 Å². The van der Waals surface area contributed by atoms with Gasteiger partial charge >= 0.3 is 5.97 Å². The highest BCUT2D eigenvalue weighted by Gasteiger charge is 2.60. The minimum atomic E-state index is -0.176. The molecule has 0 N–H and O–H groups in total. The smallest absolute Gasteiger partial charge is 0.302 e. The van der Waals surface area contributed by atoms with Gasteiger partial charge in [0.1, 0.15) is 0 Å². The summed E-state index contributed by atoms with van der Waals surface area (Å²) in [6.07, 6.45) is 14.7. The monoisotopic (exact) mass is 354 g/mol. The lowest BCUT2D eigenvalue weighted by Gasteiger charge is -2.57. The fourth-order valence-corrected chi connectivity index (χ4v) is 6.92. The average molecular weight is 354 g/mol. The molecule has 4 rings (SSSR count). The molecule has 0 unspecified atom stereocenters. The second kappa shape index (κ2) is 6.21. The van der Waals surface area contributed by atoms with Crippen molar-refractivity contribution >= 4 is 11.8 Å². The zero-order chi connectivity index (χ0) is 18.5. The quantitative estimate of drug-likeness (QED) is 0.548. The molecule has 0 aliphatic heterocycles. The van der Waals surface area contributed by atoms with Crippen LogP contribution in [0.2, 0.25) is 0 Å². The minimum Gasteiger partial charge on any atom is -0.465 e. The van der Waals surface area contributed by atoms with E-state index in [1.54, 1.807) is 6.08 Å². The predicted octanol–water partition coefficient (Wildman–Crippen LogP) is 4.64. The summed E-state index contributed by atoms with van der Waals surface area (Å²) in [6, 6.07) is 0. The van der Waals surface area contributed by atoms with Crippen molar-refractivity contribution in [2.24, 2.45) is 34.5 Å². The van der Waals surface area contributed by atoms with Gasteiger partial charge in [0, 0.05) is 17.8 Å². The Kier molecular flexibility index (Phi) is 4.24. The lowest BCUT2D eigenvalue weighted by molar-refractivity contribution is -0.151. The molecule has 0 bridgehead atoms. The van der Waals surface area contributed by atoms with Crippen molar-refractivity contribution in [1.29, 1.82) is 0 Å². The molecule has 0 radical (unpaired) electrons. The zero-order valence-corrected chi connectivity index (χ0v) is 16.0. The van der Waals surface area contributed by atoms with E-state index in [2.05, 4.69) is 25.7 Å². The third-order valence-electron chi connectivity index (χ3n) is 8.17. The molecule has 0 spiro atoms. The maximum Gasteiger partial charge on any atom is 0.302 e. The third kappa shape index (κ3) is 2.46. The lowest BCUT2D eigenvalue weighted by Crippen LogP contribution is -2.52. The number of rotatable bonds is 3. The summed E-state index contributed by atoms with van der Waals surface area (Å²) in [7, 11) is 0. The molecular formula is C23H30O3. The highest BCUT2D eigenvalue weighted by atomic mass is 16.5. The average Bonchev–Trinajstić information content (AvgIpc) is 2.99. The van der Waals surface area contributed by atoms with E-state index >= 15 is 0 Å². The minimum absolute atomic E-state index is 0.0245. The van der Waals surface area contributed by atoms with Crippen LogP contribution in [0.4, 0.5) is 0 Å². The lowest BCUT2D eigenvalue weighted by atomic mass is 9.47. The highest BCUT2D eigenvalue weighted by molar-refractivity contribution is 6.01. The Morgan fingerprint density at radius 2 is 2.12 bits per heavy atom. The van der Waals surface area contributed by atoms with E-state index in [1.807, 2.05) is 6.08 Å². The standard InChI is InChI=1S/C23H30O3/c1-4-16-6-8-21-19-7-5-17-13-18(25)9-11-22(17,3)20(19)10-12-23(16,21)14-26-15(2)24/h4,9,11,13,16,19-21H,1,5-8,10,12,14H2,2-3H3/t16-,19+,20-,21-,22-,23-/m0/s1. The highest BCUT2D eigenvalue weighted by Crippen LogP contribution is 2.66. The van der Waals surface area contributed by atoms with E-state index in [4.69, 9.17) is 4.74 Å². The predicted molar refractivity (Wildman–Crippen MR) is 101 cm³/mol. The Balaban J connectivity index is 1.67. The molecule has 140 valence electrons. The van der Waals surface area contributed by atoms with Gasteiger partial charge in [-0.2, -0.15) is 0 Å². The van der Waals surface area contributed by atoms with Crippen molar-refractivity contribution in [2.45, 2.75) is 52.4 Å². The Bertz CT molecular complexity index is 702. The van der Waals surface area contributed by atoms with E-state index in [-0.39, 0.29) is 22.6 Å². The molecule has 26 heavy (non-hydrogen) atoms. The van der Waals surface area contributed by atoms with Crippen LogP contribution in [0.15, 0.2) is 36.5 Å². The van der Waals surface area contributed by atoms with Gasteiger partial charge in [-0.15, -0.1) is 6.58 Å². The molecule has 0 aromatic carbocycles. The van der Waals surface area contributed by atoms with Gasteiger partial charge in [-0.1, -0.05) is 24.6 Å². The van der Waals surface area contributed by atoms with Crippen molar-refractivity contribution in [3.63, 3.8) is 0 Å². The van der Waals surface area contributed by atoms with Crippen LogP contribution in [0, 0.1) is 34.5 Å². The number of hydrogen-bond acceptors (Lipinski definition) is 3. The van der Waals surface area contributed by atoms with Crippen molar-refractivity contribution < 1.29 is 14.3 Å². The summed E-state index contributed by atoms with van der Waals surface area (Å²) in [5.74, 6) is 2.23. The SMILES string of the molecule is C=C[C@H]1CC[C@H]2[C@@H]3CCC4=CC(=O)C=C[C@]4(C)[C@H]3CC[C@]12COC(C)=O. The molecule has 3 saturated carbocycles. The van der Waals surface area contributed by atoms with E-state index < -0.39 is 0 Å². The second-order valence-corrected chi connectivity index (χ2v) is 9.08. The molecule has 3 nitrogen and oxygen atoms in total. The molecule has 0 heterocycles. The first-order chi connectivity index (χ1) is 12.4. The van der Waals surface area contributed by atoms with Crippen molar-refractivity contribution in [3.8, 4) is 0 Å². The fraction of sp³-hybridized carbons (Fsp3) is 0.652. The van der Waals surface area contributed by atoms with Gasteiger partial charge in [-0.05, 0) is 74.3 Å². The number of ether oxygens (including phenoxy) is 1. The summed E-state index contributed by atoms with van der Waals surface area (Å²) < 4.78 is 5.59. The van der Waals surface area contributed by atoms with Gasteiger partial charge in [-0.3, -0.25) is 9.59 Å². The first-order valence-electron chi connectivity index (χ1n) is 10.1. The number of esters is 1. The molecule has 0 aromatic heterocycles. The molecular weight excluding hydrogens is 324 g/mol. The van der Waals surface area contributed by atoms with Gasteiger partial charge in [0.25, 0.3) is 0 Å². The van der Waals surface area contributed by atoms with E-state index in [1.165, 1.54) is 18.9 Å².